The van der Waals surface area contributed by atoms with Crippen molar-refractivity contribution >= 4 is 19.9 Å². The van der Waals surface area contributed by atoms with Crippen LogP contribution in [0.5, 0.6) is 5.75 Å². The zero-order chi connectivity index (χ0) is 27.1. The third kappa shape index (κ3) is 4.87. The van der Waals surface area contributed by atoms with Crippen LogP contribution < -0.4 is 10.1 Å². The van der Waals surface area contributed by atoms with Gasteiger partial charge in [-0.05, 0) is 73.4 Å². The highest BCUT2D eigenvalue weighted by atomic mass is 28.3. The van der Waals surface area contributed by atoms with Gasteiger partial charge in [0.25, 0.3) is 11.8 Å². The molecule has 1 aromatic carbocycles. The molecule has 1 aliphatic heterocycles. The normalized spacial score (nSPS) is 27.1. The van der Waals surface area contributed by atoms with E-state index in [1.165, 1.54) is 11.1 Å². The Bertz CT molecular complexity index is 1270. The predicted octanol–water partition coefficient (Wildman–Crippen LogP) is 5.31. The quantitative estimate of drug-likeness (QED) is 0.390. The van der Waals surface area contributed by atoms with Gasteiger partial charge in [0.15, 0.2) is 0 Å². The summed E-state index contributed by atoms with van der Waals surface area (Å²) in [6, 6.07) is 9.89. The summed E-state index contributed by atoms with van der Waals surface area (Å²) in [5, 5.41) is 3.30. The van der Waals surface area contributed by atoms with Crippen LogP contribution in [0.25, 0.3) is 0 Å². The number of benzene rings is 1. The summed E-state index contributed by atoms with van der Waals surface area (Å²) in [5.41, 5.74) is 6.21. The standard InChI is InChI=1S/C31H39N3O3Si/c1-6-7-8-24-17-23-18-25(37-2)9-10-26(23)28(34(24)27(35)13-16-38(3,4)5)30-19-31(20-30,21-30)33-29(36)22-11-14-32-15-12-22/h9-12,14-15,18,24,28H,6-8,17,19-21H2,1-5H3,(H,33,36)/t24-,28+,30?,31?/m0/s1. The highest BCUT2D eigenvalue weighted by molar-refractivity contribution is 6.84. The number of carbonyl (C=O) groups excluding carboxylic acids is 2. The molecule has 2 atom stereocenters. The monoisotopic (exact) mass is 529 g/mol. The van der Waals surface area contributed by atoms with Gasteiger partial charge in [-0.1, -0.05) is 45.5 Å². The zero-order valence-corrected chi connectivity index (χ0v) is 24.3. The number of fused-ring (bicyclic) bond motifs is 1. The van der Waals surface area contributed by atoms with E-state index in [1.54, 1.807) is 31.6 Å². The Morgan fingerprint density at radius 1 is 1.16 bits per heavy atom. The van der Waals surface area contributed by atoms with Crippen molar-refractivity contribution in [2.75, 3.05) is 7.11 Å². The first kappa shape index (κ1) is 26.5. The number of hydrogen-bond donors (Lipinski definition) is 1. The Morgan fingerprint density at radius 2 is 1.87 bits per heavy atom. The number of nitrogens with zero attached hydrogens (tertiary/aromatic N) is 2. The van der Waals surface area contributed by atoms with Crippen LogP contribution in [0.3, 0.4) is 0 Å². The third-order valence-corrected chi connectivity index (χ3v) is 9.29. The molecule has 3 aliphatic carbocycles. The lowest BCUT2D eigenvalue weighted by molar-refractivity contribution is -0.204. The highest BCUT2D eigenvalue weighted by Gasteiger charge is 2.73. The van der Waals surface area contributed by atoms with Gasteiger partial charge < -0.3 is 15.0 Å². The van der Waals surface area contributed by atoms with Gasteiger partial charge in [0.1, 0.15) is 13.8 Å². The van der Waals surface area contributed by atoms with Gasteiger partial charge in [-0.2, -0.15) is 0 Å². The van der Waals surface area contributed by atoms with Crippen LogP contribution in [0.4, 0.5) is 0 Å². The predicted molar refractivity (Wildman–Crippen MR) is 151 cm³/mol. The maximum atomic E-state index is 13.9. The minimum Gasteiger partial charge on any atom is -0.497 e. The Labute approximate surface area is 227 Å². The Kier molecular flexibility index (Phi) is 6.89. The van der Waals surface area contributed by atoms with Gasteiger partial charge in [-0.15, -0.1) is 5.54 Å². The fourth-order valence-corrected chi connectivity index (χ4v) is 7.35. The smallest absolute Gasteiger partial charge is 0.298 e. The van der Waals surface area contributed by atoms with Crippen LogP contribution >= 0.6 is 0 Å². The van der Waals surface area contributed by atoms with E-state index in [9.17, 15) is 9.59 Å². The second kappa shape index (κ2) is 9.89. The summed E-state index contributed by atoms with van der Waals surface area (Å²) in [4.78, 5) is 33.0. The van der Waals surface area contributed by atoms with Crippen LogP contribution in [0, 0.1) is 16.9 Å². The van der Waals surface area contributed by atoms with Crippen molar-refractivity contribution in [3.05, 3.63) is 59.4 Å². The molecule has 1 aromatic heterocycles. The second-order valence-corrected chi connectivity index (χ2v) is 17.3. The van der Waals surface area contributed by atoms with Crippen molar-refractivity contribution in [2.24, 2.45) is 5.41 Å². The number of hydrogen-bond acceptors (Lipinski definition) is 4. The van der Waals surface area contributed by atoms with Gasteiger partial charge >= 0.3 is 0 Å². The number of rotatable bonds is 7. The number of ether oxygens (including phenoxy) is 1. The third-order valence-electron chi connectivity index (χ3n) is 8.41. The summed E-state index contributed by atoms with van der Waals surface area (Å²) in [6.07, 6.45) is 9.86. The van der Waals surface area contributed by atoms with Crippen LogP contribution in [0.15, 0.2) is 42.7 Å². The van der Waals surface area contributed by atoms with Crippen LogP contribution in [0.1, 0.15) is 73.0 Å². The topological polar surface area (TPSA) is 71.5 Å². The molecule has 0 saturated heterocycles. The molecule has 6 nitrogen and oxygen atoms in total. The van der Waals surface area contributed by atoms with Crippen molar-refractivity contribution < 1.29 is 14.3 Å². The van der Waals surface area contributed by atoms with Crippen LogP contribution in [-0.4, -0.2) is 48.5 Å². The van der Waals surface area contributed by atoms with E-state index in [0.717, 1.165) is 50.7 Å². The lowest BCUT2D eigenvalue weighted by Crippen LogP contribution is -2.78. The Morgan fingerprint density at radius 3 is 2.50 bits per heavy atom. The number of methoxy groups -OCH3 is 1. The molecule has 0 radical (unpaired) electrons. The first-order chi connectivity index (χ1) is 18.1. The van der Waals surface area contributed by atoms with E-state index in [2.05, 4.69) is 65.4 Å². The van der Waals surface area contributed by atoms with Crippen LogP contribution in [0.2, 0.25) is 19.6 Å². The molecular weight excluding hydrogens is 490 g/mol. The van der Waals surface area contributed by atoms with Crippen molar-refractivity contribution in [2.45, 2.75) is 89.1 Å². The molecule has 7 heteroatoms. The van der Waals surface area contributed by atoms with E-state index < -0.39 is 8.07 Å². The van der Waals surface area contributed by atoms with E-state index in [-0.39, 0.29) is 34.9 Å². The number of amides is 2. The number of unbranched alkanes of at least 4 members (excludes halogenated alkanes) is 1. The molecule has 38 heavy (non-hydrogen) atoms. The maximum Gasteiger partial charge on any atom is 0.298 e. The number of pyridine rings is 1. The van der Waals surface area contributed by atoms with E-state index in [1.807, 2.05) is 6.07 Å². The van der Waals surface area contributed by atoms with Crippen molar-refractivity contribution in [3.8, 4) is 17.2 Å². The SMILES string of the molecule is CCCC[C@H]1Cc2cc(OC)ccc2[C@H](C23CC(NC(=O)c4ccncc4)(C2)C3)N1C(=O)C#C[Si](C)(C)C. The van der Waals surface area contributed by atoms with Crippen molar-refractivity contribution in [1.29, 1.82) is 0 Å². The maximum absolute atomic E-state index is 13.9. The Hall–Kier alpha value is -3.11. The first-order valence-electron chi connectivity index (χ1n) is 13.8. The lowest BCUT2D eigenvalue weighted by Gasteiger charge is -2.74. The second-order valence-electron chi connectivity index (χ2n) is 12.5. The average molecular weight is 530 g/mol. The van der Waals surface area contributed by atoms with E-state index in [0.29, 0.717) is 5.56 Å². The summed E-state index contributed by atoms with van der Waals surface area (Å²) in [6.45, 7) is 8.72. The molecule has 0 spiro atoms. The minimum atomic E-state index is -1.71. The molecule has 2 aromatic rings. The molecule has 4 aliphatic rings. The lowest BCUT2D eigenvalue weighted by atomic mass is 9.36. The van der Waals surface area contributed by atoms with E-state index >= 15 is 0 Å². The number of nitrogens with one attached hydrogen (secondary N) is 1. The number of aromatic nitrogens is 1. The molecule has 3 saturated carbocycles. The highest BCUT2D eigenvalue weighted by Crippen LogP contribution is 2.74. The van der Waals surface area contributed by atoms with E-state index in [4.69, 9.17) is 4.74 Å². The fraction of sp³-hybridized carbons (Fsp3) is 0.516. The summed E-state index contributed by atoms with van der Waals surface area (Å²) in [7, 11) is -0.00398. The van der Waals surface area contributed by atoms with Gasteiger partial charge in [0.05, 0.1) is 13.2 Å². The molecule has 2 amide bonds. The molecule has 2 bridgehead atoms. The van der Waals surface area contributed by atoms with Crippen molar-refractivity contribution in [3.63, 3.8) is 0 Å². The molecule has 0 unspecified atom stereocenters. The Balaban J connectivity index is 1.47. The molecule has 200 valence electrons. The van der Waals surface area contributed by atoms with Crippen LogP contribution in [-0.2, 0) is 11.2 Å². The number of carbonyl (C=O) groups is 2. The van der Waals surface area contributed by atoms with Gasteiger partial charge in [-0.3, -0.25) is 14.6 Å². The zero-order valence-electron chi connectivity index (χ0n) is 23.3. The minimum absolute atomic E-state index is 0.0397. The average Bonchev–Trinajstić information content (AvgIpc) is 2.86. The van der Waals surface area contributed by atoms with Gasteiger partial charge in [0.2, 0.25) is 0 Å². The van der Waals surface area contributed by atoms with Gasteiger partial charge in [-0.25, -0.2) is 0 Å². The summed E-state index contributed by atoms with van der Waals surface area (Å²) in [5.74, 6) is 3.84. The van der Waals surface area contributed by atoms with Gasteiger partial charge in [0, 0.05) is 35.0 Å². The molecular formula is C31H39N3O3Si. The van der Waals surface area contributed by atoms with Crippen molar-refractivity contribution in [1.82, 2.24) is 15.2 Å². The molecule has 3 fully saturated rings. The largest absolute Gasteiger partial charge is 0.497 e. The molecule has 2 heterocycles. The fourth-order valence-electron chi connectivity index (χ4n) is 6.87. The first-order valence-corrected chi connectivity index (χ1v) is 17.3. The summed E-state index contributed by atoms with van der Waals surface area (Å²) < 4.78 is 5.57. The summed E-state index contributed by atoms with van der Waals surface area (Å²) >= 11 is 0. The molecule has 1 N–H and O–H groups in total. The molecule has 6 rings (SSSR count).